The Morgan fingerprint density at radius 2 is 1.89 bits per heavy atom. The van der Waals surface area contributed by atoms with Crippen molar-refractivity contribution in [3.8, 4) is 0 Å². The maximum Gasteiger partial charge on any atom is 0.338 e. The summed E-state index contributed by atoms with van der Waals surface area (Å²) in [5, 5.41) is 5.71. The molecule has 2 aliphatic heterocycles. The van der Waals surface area contributed by atoms with E-state index in [-0.39, 0.29) is 18.9 Å². The zero-order valence-corrected chi connectivity index (χ0v) is 22.9. The first-order valence-electron chi connectivity index (χ1n) is 12.5. The fraction of sp³-hybridized carbons (Fsp3) is 0.345. The lowest BCUT2D eigenvalue weighted by atomic mass is 9.88. The van der Waals surface area contributed by atoms with Gasteiger partial charge in [-0.1, -0.05) is 65.9 Å². The number of nitrogens with one attached hydrogen (secondary N) is 1. The summed E-state index contributed by atoms with van der Waals surface area (Å²) in [4.78, 5) is 35.5. The number of rotatable bonds is 9. The number of benzene rings is 2. The van der Waals surface area contributed by atoms with Crippen molar-refractivity contribution in [3.63, 3.8) is 0 Å². The molecule has 2 heterocycles. The van der Waals surface area contributed by atoms with E-state index in [1.165, 1.54) is 11.8 Å². The van der Waals surface area contributed by atoms with Crippen LogP contribution in [0.3, 0.4) is 0 Å². The summed E-state index contributed by atoms with van der Waals surface area (Å²) in [7, 11) is 3.95. The first-order chi connectivity index (χ1) is 17.8. The number of hydrogen-bond donors (Lipinski definition) is 1. The number of carbonyl (C=O) groups is 2. The topological polar surface area (TPSA) is 74.2 Å². The molecule has 0 aromatic heterocycles. The normalized spacial score (nSPS) is 16.9. The third-order valence-electron chi connectivity index (χ3n) is 6.30. The lowest BCUT2D eigenvalue weighted by molar-refractivity contribution is -0.139. The molecule has 2 aromatic rings. The van der Waals surface area contributed by atoms with Crippen LogP contribution in [0.15, 0.2) is 70.2 Å². The Kier molecular flexibility index (Phi) is 8.51. The predicted octanol–water partition coefficient (Wildman–Crippen LogP) is 4.65. The van der Waals surface area contributed by atoms with Crippen molar-refractivity contribution in [2.24, 2.45) is 4.99 Å². The number of likely N-dealkylation sites (N-methyl/N-ethyl adjacent to an activating group) is 1. The molecule has 4 rings (SSSR count). The summed E-state index contributed by atoms with van der Waals surface area (Å²) in [5.74, 6) is -0.467. The summed E-state index contributed by atoms with van der Waals surface area (Å²) >= 11 is 1.48. The van der Waals surface area contributed by atoms with Gasteiger partial charge in [-0.15, -0.1) is 0 Å². The van der Waals surface area contributed by atoms with Crippen molar-refractivity contribution in [1.29, 1.82) is 0 Å². The lowest BCUT2D eigenvalue weighted by Gasteiger charge is -2.37. The second kappa shape index (κ2) is 11.8. The largest absolute Gasteiger partial charge is 0.463 e. The molecule has 1 amide bonds. The van der Waals surface area contributed by atoms with Crippen LogP contribution >= 0.6 is 11.8 Å². The van der Waals surface area contributed by atoms with Crippen molar-refractivity contribution < 1.29 is 14.3 Å². The van der Waals surface area contributed by atoms with E-state index >= 15 is 0 Å². The zero-order chi connectivity index (χ0) is 26.5. The number of thioether (sulfide) groups is 1. The Morgan fingerprint density at radius 3 is 2.57 bits per heavy atom. The van der Waals surface area contributed by atoms with Crippen LogP contribution < -0.4 is 5.32 Å². The summed E-state index contributed by atoms with van der Waals surface area (Å²) in [6.45, 7) is 7.50. The Labute approximate surface area is 223 Å². The molecule has 1 atom stereocenters. The molecule has 1 unspecified atom stereocenters. The smallest absolute Gasteiger partial charge is 0.338 e. The molecule has 1 N–H and O–H groups in total. The second-order valence-corrected chi connectivity index (χ2v) is 10.3. The highest BCUT2D eigenvalue weighted by atomic mass is 32.2. The average Bonchev–Trinajstić information content (AvgIpc) is 3.26. The van der Waals surface area contributed by atoms with Gasteiger partial charge in [-0.05, 0) is 51.4 Å². The summed E-state index contributed by atoms with van der Waals surface area (Å²) in [6, 6.07) is 15.5. The van der Waals surface area contributed by atoms with E-state index in [0.29, 0.717) is 17.8 Å². The Hall–Kier alpha value is -3.36. The van der Waals surface area contributed by atoms with E-state index in [4.69, 9.17) is 9.73 Å². The van der Waals surface area contributed by atoms with Crippen LogP contribution in [0.2, 0.25) is 0 Å². The molecular weight excluding hydrogens is 484 g/mol. The highest BCUT2D eigenvalue weighted by Gasteiger charge is 2.42. The molecule has 0 bridgehead atoms. The van der Waals surface area contributed by atoms with Gasteiger partial charge < -0.3 is 19.9 Å². The first-order valence-corrected chi connectivity index (χ1v) is 13.4. The molecule has 0 saturated carbocycles. The minimum absolute atomic E-state index is 0.0650. The number of fused-ring (bicyclic) bond motifs is 1. The maximum absolute atomic E-state index is 13.6. The summed E-state index contributed by atoms with van der Waals surface area (Å²) < 4.78 is 5.59. The molecule has 0 radical (unpaired) electrons. The van der Waals surface area contributed by atoms with Crippen molar-refractivity contribution in [1.82, 2.24) is 15.1 Å². The Bertz CT molecular complexity index is 1270. The highest BCUT2D eigenvalue weighted by molar-refractivity contribution is 8.16. The molecule has 0 saturated heterocycles. The number of hydrogen-bond acceptors (Lipinski definition) is 7. The van der Waals surface area contributed by atoms with Crippen LogP contribution in [0.25, 0.3) is 5.70 Å². The van der Waals surface area contributed by atoms with Crippen molar-refractivity contribution >= 4 is 34.5 Å². The maximum atomic E-state index is 13.6. The fourth-order valence-corrected chi connectivity index (χ4v) is 5.48. The monoisotopic (exact) mass is 518 g/mol. The van der Waals surface area contributed by atoms with Crippen molar-refractivity contribution in [3.05, 3.63) is 87.5 Å². The predicted molar refractivity (Wildman–Crippen MR) is 150 cm³/mol. The number of aryl methyl sites for hydroxylation is 2. The molecular formula is C29H34N4O3S. The van der Waals surface area contributed by atoms with Gasteiger partial charge in [0.05, 0.1) is 30.3 Å². The van der Waals surface area contributed by atoms with E-state index in [2.05, 4.69) is 37.4 Å². The third kappa shape index (κ3) is 5.97. The van der Waals surface area contributed by atoms with E-state index in [0.717, 1.165) is 39.7 Å². The Morgan fingerprint density at radius 1 is 1.14 bits per heavy atom. The molecule has 0 fully saturated rings. The molecule has 7 nitrogen and oxygen atoms in total. The first kappa shape index (κ1) is 26.7. The zero-order valence-electron chi connectivity index (χ0n) is 22.1. The minimum atomic E-state index is -0.474. The SMILES string of the molecule is CCOC(=O)C1=C(c2ccccc2)N=C2SC=C(CC(=O)NCCN(C)C)N2C1c1ccc(C)cc1C. The van der Waals surface area contributed by atoms with Crippen LogP contribution in [0.4, 0.5) is 0 Å². The number of aliphatic imine (C=N–C) groups is 1. The van der Waals surface area contributed by atoms with Gasteiger partial charge in [-0.25, -0.2) is 9.79 Å². The standard InChI is InChI=1S/C29H34N4O3S/c1-6-36-28(35)25-26(21-10-8-7-9-11-21)31-29-33(27(25)23-13-12-19(2)16-20(23)3)22(18-37-29)17-24(34)30-14-15-32(4)5/h7-13,16,18,27H,6,14-15,17H2,1-5H3,(H,30,34). The number of amides is 1. The van der Waals surface area contributed by atoms with E-state index in [1.54, 1.807) is 6.92 Å². The van der Waals surface area contributed by atoms with Gasteiger partial charge in [0.25, 0.3) is 0 Å². The van der Waals surface area contributed by atoms with Gasteiger partial charge in [-0.2, -0.15) is 0 Å². The van der Waals surface area contributed by atoms with Gasteiger partial charge in [0.1, 0.15) is 0 Å². The van der Waals surface area contributed by atoms with Gasteiger partial charge in [0.15, 0.2) is 5.17 Å². The van der Waals surface area contributed by atoms with Crippen LogP contribution in [0, 0.1) is 13.8 Å². The fourth-order valence-electron chi connectivity index (χ4n) is 4.56. The van der Waals surface area contributed by atoms with Crippen molar-refractivity contribution in [2.45, 2.75) is 33.2 Å². The quantitative estimate of drug-likeness (QED) is 0.488. The molecule has 194 valence electrons. The third-order valence-corrected chi connectivity index (χ3v) is 7.18. The van der Waals surface area contributed by atoms with E-state index in [1.807, 2.05) is 59.6 Å². The number of ether oxygens (including phenoxy) is 1. The number of carbonyl (C=O) groups excluding carboxylic acids is 2. The van der Waals surface area contributed by atoms with Gasteiger partial charge in [0.2, 0.25) is 5.91 Å². The molecule has 0 spiro atoms. The number of nitrogens with zero attached hydrogens (tertiary/aromatic N) is 3. The summed E-state index contributed by atoms with van der Waals surface area (Å²) in [6.07, 6.45) is 0.192. The molecule has 2 aliphatic rings. The number of amidine groups is 1. The average molecular weight is 519 g/mol. The van der Waals surface area contributed by atoms with Gasteiger partial charge in [0, 0.05) is 24.4 Å². The van der Waals surface area contributed by atoms with E-state index < -0.39 is 12.0 Å². The van der Waals surface area contributed by atoms with Crippen LogP contribution in [0.5, 0.6) is 0 Å². The van der Waals surface area contributed by atoms with Crippen LogP contribution in [-0.2, 0) is 14.3 Å². The highest BCUT2D eigenvalue weighted by Crippen LogP contribution is 2.47. The molecule has 2 aromatic carbocycles. The number of esters is 1. The minimum Gasteiger partial charge on any atom is -0.463 e. The molecule has 37 heavy (non-hydrogen) atoms. The molecule has 0 aliphatic carbocycles. The lowest BCUT2D eigenvalue weighted by Crippen LogP contribution is -2.39. The van der Waals surface area contributed by atoms with Gasteiger partial charge in [-0.3, -0.25) is 4.79 Å². The molecule has 8 heteroatoms. The van der Waals surface area contributed by atoms with Crippen LogP contribution in [-0.4, -0.2) is 60.6 Å². The second-order valence-electron chi connectivity index (χ2n) is 9.43. The van der Waals surface area contributed by atoms with Gasteiger partial charge >= 0.3 is 5.97 Å². The summed E-state index contributed by atoms with van der Waals surface area (Å²) in [5.41, 5.74) is 5.93. The van der Waals surface area contributed by atoms with Crippen LogP contribution in [0.1, 0.15) is 41.6 Å². The van der Waals surface area contributed by atoms with Crippen molar-refractivity contribution in [2.75, 3.05) is 33.8 Å². The Balaban J connectivity index is 1.81. The van der Waals surface area contributed by atoms with E-state index in [9.17, 15) is 9.59 Å².